The van der Waals surface area contributed by atoms with Crippen LogP contribution in [0.2, 0.25) is 0 Å². The van der Waals surface area contributed by atoms with Gasteiger partial charge in [-0.2, -0.15) is 0 Å². The summed E-state index contributed by atoms with van der Waals surface area (Å²) in [6.45, 7) is 2.68. The molecule has 1 amide bonds. The molecule has 1 heterocycles. The molecule has 2 aromatic rings. The molecule has 0 spiro atoms. The number of rotatable bonds is 6. The van der Waals surface area contributed by atoms with Crippen LogP contribution in [0.5, 0.6) is 11.5 Å². The number of hydrogen-bond acceptors (Lipinski definition) is 5. The molecule has 1 saturated heterocycles. The summed E-state index contributed by atoms with van der Waals surface area (Å²) in [5, 5.41) is 3.01. The maximum absolute atomic E-state index is 13.1. The standard InChI is InChI=1S/C20H24N2O4/c1-24-17-7-3-15(4-8-17)19(22-11-13-26-14-12-22)20(23)21-16-5-9-18(25-2)10-6-16/h3-10,19H,11-14H2,1-2H3,(H,21,23)/t19-/m0/s1. The van der Waals surface area contributed by atoms with Crippen molar-refractivity contribution < 1.29 is 19.0 Å². The van der Waals surface area contributed by atoms with Gasteiger partial charge in [-0.05, 0) is 42.0 Å². The molecule has 6 nitrogen and oxygen atoms in total. The van der Waals surface area contributed by atoms with Gasteiger partial charge >= 0.3 is 0 Å². The fourth-order valence-corrected chi connectivity index (χ4v) is 3.03. The fourth-order valence-electron chi connectivity index (χ4n) is 3.03. The monoisotopic (exact) mass is 356 g/mol. The Bertz CT molecular complexity index is 710. The molecule has 26 heavy (non-hydrogen) atoms. The number of amides is 1. The van der Waals surface area contributed by atoms with Gasteiger partial charge in [-0.1, -0.05) is 12.1 Å². The lowest BCUT2D eigenvalue weighted by atomic mass is 10.0. The fraction of sp³-hybridized carbons (Fsp3) is 0.350. The molecule has 3 rings (SSSR count). The number of ether oxygens (including phenoxy) is 3. The molecular weight excluding hydrogens is 332 g/mol. The van der Waals surface area contributed by atoms with Crippen molar-refractivity contribution in [2.75, 3.05) is 45.8 Å². The number of anilines is 1. The molecule has 1 aliphatic rings. The van der Waals surface area contributed by atoms with E-state index in [1.807, 2.05) is 48.5 Å². The number of nitrogens with one attached hydrogen (secondary N) is 1. The molecule has 6 heteroatoms. The molecule has 138 valence electrons. The van der Waals surface area contributed by atoms with E-state index in [-0.39, 0.29) is 11.9 Å². The SMILES string of the molecule is COc1ccc(NC(=O)[C@H](c2ccc(OC)cc2)N2CCOCC2)cc1. The van der Waals surface area contributed by atoms with E-state index in [0.29, 0.717) is 26.3 Å². The van der Waals surface area contributed by atoms with Gasteiger partial charge in [-0.3, -0.25) is 9.69 Å². The van der Waals surface area contributed by atoms with Gasteiger partial charge < -0.3 is 19.5 Å². The van der Waals surface area contributed by atoms with E-state index in [0.717, 1.165) is 22.7 Å². The highest BCUT2D eigenvalue weighted by atomic mass is 16.5. The smallest absolute Gasteiger partial charge is 0.246 e. The number of nitrogens with zero attached hydrogens (tertiary/aromatic N) is 1. The van der Waals surface area contributed by atoms with Gasteiger partial charge in [0.1, 0.15) is 17.5 Å². The molecule has 0 unspecified atom stereocenters. The lowest BCUT2D eigenvalue weighted by Gasteiger charge is -2.33. The Morgan fingerprint density at radius 1 is 0.962 bits per heavy atom. The Balaban J connectivity index is 1.81. The van der Waals surface area contributed by atoms with Crippen LogP contribution in [0, 0.1) is 0 Å². The maximum atomic E-state index is 13.1. The number of morpholine rings is 1. The molecule has 0 aromatic heterocycles. The number of carbonyl (C=O) groups excluding carboxylic acids is 1. The van der Waals surface area contributed by atoms with Crippen molar-refractivity contribution in [3.8, 4) is 11.5 Å². The molecule has 0 bridgehead atoms. The second-order valence-electron chi connectivity index (χ2n) is 6.04. The summed E-state index contributed by atoms with van der Waals surface area (Å²) in [6.07, 6.45) is 0. The van der Waals surface area contributed by atoms with Crippen LogP contribution in [0.3, 0.4) is 0 Å². The van der Waals surface area contributed by atoms with Crippen molar-refractivity contribution in [1.82, 2.24) is 4.90 Å². The summed E-state index contributed by atoms with van der Waals surface area (Å²) < 4.78 is 15.8. The Morgan fingerprint density at radius 3 is 2.04 bits per heavy atom. The summed E-state index contributed by atoms with van der Waals surface area (Å²) >= 11 is 0. The number of carbonyl (C=O) groups is 1. The highest BCUT2D eigenvalue weighted by Crippen LogP contribution is 2.26. The average molecular weight is 356 g/mol. The van der Waals surface area contributed by atoms with E-state index < -0.39 is 0 Å². The minimum atomic E-state index is -0.382. The van der Waals surface area contributed by atoms with Crippen LogP contribution < -0.4 is 14.8 Å². The van der Waals surface area contributed by atoms with Crippen molar-refractivity contribution in [3.63, 3.8) is 0 Å². The third kappa shape index (κ3) is 4.33. The number of methoxy groups -OCH3 is 2. The molecule has 0 radical (unpaired) electrons. The highest BCUT2D eigenvalue weighted by Gasteiger charge is 2.29. The van der Waals surface area contributed by atoms with E-state index in [1.54, 1.807) is 14.2 Å². The summed E-state index contributed by atoms with van der Waals surface area (Å²) in [7, 11) is 3.25. The summed E-state index contributed by atoms with van der Waals surface area (Å²) in [5.74, 6) is 1.45. The predicted molar refractivity (Wildman–Crippen MR) is 99.8 cm³/mol. The first-order chi connectivity index (χ1) is 12.7. The zero-order valence-electron chi connectivity index (χ0n) is 15.1. The molecule has 1 atom stereocenters. The Kier molecular flexibility index (Phi) is 6.09. The van der Waals surface area contributed by atoms with Crippen molar-refractivity contribution in [3.05, 3.63) is 54.1 Å². The van der Waals surface area contributed by atoms with Crippen LogP contribution in [-0.2, 0) is 9.53 Å². The van der Waals surface area contributed by atoms with Crippen LogP contribution >= 0.6 is 0 Å². The Morgan fingerprint density at radius 2 is 1.50 bits per heavy atom. The number of hydrogen-bond donors (Lipinski definition) is 1. The van der Waals surface area contributed by atoms with Gasteiger partial charge in [0, 0.05) is 18.8 Å². The van der Waals surface area contributed by atoms with Gasteiger partial charge in [-0.15, -0.1) is 0 Å². The molecule has 1 fully saturated rings. The minimum Gasteiger partial charge on any atom is -0.497 e. The van der Waals surface area contributed by atoms with Crippen LogP contribution in [0.4, 0.5) is 5.69 Å². The lowest BCUT2D eigenvalue weighted by Crippen LogP contribution is -2.43. The largest absolute Gasteiger partial charge is 0.497 e. The van der Waals surface area contributed by atoms with Gasteiger partial charge in [0.25, 0.3) is 0 Å². The summed E-state index contributed by atoms with van der Waals surface area (Å²) in [5.41, 5.74) is 1.67. The van der Waals surface area contributed by atoms with Crippen molar-refractivity contribution in [2.24, 2.45) is 0 Å². The first kappa shape index (κ1) is 18.2. The predicted octanol–water partition coefficient (Wildman–Crippen LogP) is 2.72. The maximum Gasteiger partial charge on any atom is 0.246 e. The summed E-state index contributed by atoms with van der Waals surface area (Å²) in [6, 6.07) is 14.6. The Labute approximate surface area is 153 Å². The topological polar surface area (TPSA) is 60.0 Å². The molecule has 1 N–H and O–H groups in total. The van der Waals surface area contributed by atoms with E-state index >= 15 is 0 Å². The van der Waals surface area contributed by atoms with Crippen molar-refractivity contribution in [2.45, 2.75) is 6.04 Å². The first-order valence-electron chi connectivity index (χ1n) is 8.62. The van der Waals surface area contributed by atoms with E-state index in [1.165, 1.54) is 0 Å². The highest BCUT2D eigenvalue weighted by molar-refractivity contribution is 5.95. The van der Waals surface area contributed by atoms with E-state index in [2.05, 4.69) is 10.2 Å². The molecule has 2 aromatic carbocycles. The third-order valence-electron chi connectivity index (χ3n) is 4.45. The first-order valence-corrected chi connectivity index (χ1v) is 8.62. The van der Waals surface area contributed by atoms with Gasteiger partial charge in [0.15, 0.2) is 0 Å². The quantitative estimate of drug-likeness (QED) is 0.862. The zero-order chi connectivity index (χ0) is 18.4. The van der Waals surface area contributed by atoms with Crippen LogP contribution in [0.25, 0.3) is 0 Å². The molecule has 1 aliphatic heterocycles. The molecular formula is C20H24N2O4. The third-order valence-corrected chi connectivity index (χ3v) is 4.45. The zero-order valence-corrected chi connectivity index (χ0v) is 15.1. The van der Waals surface area contributed by atoms with Crippen LogP contribution in [-0.4, -0.2) is 51.3 Å². The second-order valence-corrected chi connectivity index (χ2v) is 6.04. The van der Waals surface area contributed by atoms with Crippen molar-refractivity contribution >= 4 is 11.6 Å². The van der Waals surface area contributed by atoms with Crippen molar-refractivity contribution in [1.29, 1.82) is 0 Å². The Hall–Kier alpha value is -2.57. The molecule has 0 aliphatic carbocycles. The molecule has 0 saturated carbocycles. The average Bonchev–Trinajstić information content (AvgIpc) is 2.70. The second kappa shape index (κ2) is 8.69. The van der Waals surface area contributed by atoms with Crippen LogP contribution in [0.15, 0.2) is 48.5 Å². The van der Waals surface area contributed by atoms with E-state index in [9.17, 15) is 4.79 Å². The van der Waals surface area contributed by atoms with E-state index in [4.69, 9.17) is 14.2 Å². The van der Waals surface area contributed by atoms with Gasteiger partial charge in [0.05, 0.1) is 27.4 Å². The lowest BCUT2D eigenvalue weighted by molar-refractivity contribution is -0.123. The normalized spacial score (nSPS) is 15.9. The minimum absolute atomic E-state index is 0.0674. The van der Waals surface area contributed by atoms with Gasteiger partial charge in [0.2, 0.25) is 5.91 Å². The summed E-state index contributed by atoms with van der Waals surface area (Å²) in [4.78, 5) is 15.2. The van der Waals surface area contributed by atoms with Gasteiger partial charge in [-0.25, -0.2) is 0 Å². The van der Waals surface area contributed by atoms with Crippen LogP contribution in [0.1, 0.15) is 11.6 Å². The number of benzene rings is 2.